The highest BCUT2D eigenvalue weighted by Crippen LogP contribution is 2.16. The van der Waals surface area contributed by atoms with Crippen LogP contribution in [0.15, 0.2) is 11.4 Å². The molecule has 1 unspecified atom stereocenters. The zero-order valence-electron chi connectivity index (χ0n) is 11.8. The molecule has 2 amide bonds. The Kier molecular flexibility index (Phi) is 5.45. The molecule has 1 saturated heterocycles. The van der Waals surface area contributed by atoms with E-state index in [4.69, 9.17) is 5.73 Å². The molecule has 2 heterocycles. The Morgan fingerprint density at radius 3 is 3.25 bits per heavy atom. The van der Waals surface area contributed by atoms with Gasteiger partial charge in [-0.05, 0) is 24.8 Å². The van der Waals surface area contributed by atoms with E-state index in [1.54, 1.807) is 11.3 Å². The van der Waals surface area contributed by atoms with Gasteiger partial charge in [-0.3, -0.25) is 0 Å². The molecule has 2 rings (SSSR count). The molecule has 0 bridgehead atoms. The van der Waals surface area contributed by atoms with Gasteiger partial charge in [-0.15, -0.1) is 11.3 Å². The van der Waals surface area contributed by atoms with Crippen LogP contribution in [0.25, 0.3) is 0 Å². The van der Waals surface area contributed by atoms with Crippen LogP contribution >= 0.6 is 11.3 Å². The van der Waals surface area contributed by atoms with Gasteiger partial charge in [-0.2, -0.15) is 0 Å². The van der Waals surface area contributed by atoms with Crippen LogP contribution in [-0.2, 0) is 6.54 Å². The van der Waals surface area contributed by atoms with Gasteiger partial charge in [0.15, 0.2) is 0 Å². The highest BCUT2D eigenvalue weighted by Gasteiger charge is 2.20. The Balaban J connectivity index is 1.82. The van der Waals surface area contributed by atoms with Crippen molar-refractivity contribution in [3.63, 3.8) is 0 Å². The lowest BCUT2D eigenvalue weighted by Gasteiger charge is -2.30. The van der Waals surface area contributed by atoms with E-state index in [1.807, 2.05) is 16.3 Å². The molecule has 1 aromatic rings. The minimum absolute atomic E-state index is 0.0412. The molecular formula is C15H21N3OS. The largest absolute Gasteiger partial charge is 0.333 e. The van der Waals surface area contributed by atoms with E-state index in [9.17, 15) is 4.79 Å². The van der Waals surface area contributed by atoms with Crippen LogP contribution in [0.4, 0.5) is 4.79 Å². The Morgan fingerprint density at radius 1 is 1.65 bits per heavy atom. The number of likely N-dealkylation sites (tertiary alicyclic amines) is 1. The molecule has 1 atom stereocenters. The fraction of sp³-hybridized carbons (Fsp3) is 0.533. The summed E-state index contributed by atoms with van der Waals surface area (Å²) in [6.07, 6.45) is 2.32. The van der Waals surface area contributed by atoms with Crippen LogP contribution in [0.3, 0.4) is 0 Å². The molecule has 20 heavy (non-hydrogen) atoms. The molecule has 0 aliphatic carbocycles. The van der Waals surface area contributed by atoms with E-state index in [0.717, 1.165) is 30.0 Å². The van der Waals surface area contributed by atoms with E-state index in [2.05, 4.69) is 24.1 Å². The number of thiophene rings is 1. The zero-order valence-corrected chi connectivity index (χ0v) is 12.6. The minimum atomic E-state index is 0.0412. The lowest BCUT2D eigenvalue weighted by Crippen LogP contribution is -2.44. The van der Waals surface area contributed by atoms with Gasteiger partial charge in [-0.25, -0.2) is 4.79 Å². The molecule has 1 aromatic heterocycles. The summed E-state index contributed by atoms with van der Waals surface area (Å²) in [5, 5.41) is 4.98. The van der Waals surface area contributed by atoms with Gasteiger partial charge in [0, 0.05) is 28.9 Å². The van der Waals surface area contributed by atoms with Crippen LogP contribution in [0, 0.1) is 17.8 Å². The first kappa shape index (κ1) is 14.9. The number of nitrogens with one attached hydrogen (secondary N) is 1. The number of nitrogens with two attached hydrogens (primary N) is 1. The lowest BCUT2D eigenvalue weighted by atomic mass is 10.0. The van der Waals surface area contributed by atoms with Gasteiger partial charge in [0.2, 0.25) is 0 Å². The molecule has 0 saturated carbocycles. The first-order valence-electron chi connectivity index (χ1n) is 6.98. The number of hydrogen-bond acceptors (Lipinski definition) is 3. The molecule has 5 heteroatoms. The molecule has 3 N–H and O–H groups in total. The predicted molar refractivity (Wildman–Crippen MR) is 82.5 cm³/mol. The van der Waals surface area contributed by atoms with Gasteiger partial charge >= 0.3 is 6.03 Å². The van der Waals surface area contributed by atoms with Crippen molar-refractivity contribution < 1.29 is 4.79 Å². The monoisotopic (exact) mass is 291 g/mol. The Labute approximate surface area is 124 Å². The van der Waals surface area contributed by atoms with E-state index in [0.29, 0.717) is 19.0 Å². The fourth-order valence-corrected chi connectivity index (χ4v) is 3.10. The molecular weight excluding hydrogens is 270 g/mol. The summed E-state index contributed by atoms with van der Waals surface area (Å²) in [7, 11) is 0. The number of urea groups is 1. The van der Waals surface area contributed by atoms with E-state index in [-0.39, 0.29) is 6.03 Å². The third kappa shape index (κ3) is 4.26. The SMILES string of the molecule is CC1CCCN(C(=O)NCc2cc(C#CCN)cs2)C1. The van der Waals surface area contributed by atoms with Crippen molar-refractivity contribution >= 4 is 17.4 Å². The summed E-state index contributed by atoms with van der Waals surface area (Å²) < 4.78 is 0. The van der Waals surface area contributed by atoms with Gasteiger partial charge in [0.05, 0.1) is 13.1 Å². The molecule has 1 fully saturated rings. The lowest BCUT2D eigenvalue weighted by molar-refractivity contribution is 0.169. The Hall–Kier alpha value is -1.51. The highest BCUT2D eigenvalue weighted by atomic mass is 32.1. The third-order valence-corrected chi connectivity index (χ3v) is 4.28. The standard InChI is InChI=1S/C15H21N3OS/c1-12-4-3-7-18(10-12)15(19)17-9-14-8-13(11-20-14)5-2-6-16/h8,11-12H,3-4,6-7,9-10,16H2,1H3,(H,17,19). The van der Waals surface area contributed by atoms with E-state index < -0.39 is 0 Å². The number of rotatable bonds is 2. The average Bonchev–Trinajstić information content (AvgIpc) is 2.90. The van der Waals surface area contributed by atoms with Gasteiger partial charge < -0.3 is 16.0 Å². The normalized spacial score (nSPS) is 18.3. The zero-order chi connectivity index (χ0) is 14.4. The third-order valence-electron chi connectivity index (χ3n) is 3.35. The number of hydrogen-bond donors (Lipinski definition) is 2. The predicted octanol–water partition coefficient (Wildman–Crippen LogP) is 2.00. The fourth-order valence-electron chi connectivity index (χ4n) is 2.34. The van der Waals surface area contributed by atoms with Crippen LogP contribution < -0.4 is 11.1 Å². The maximum atomic E-state index is 12.1. The van der Waals surface area contributed by atoms with Crippen LogP contribution in [0.5, 0.6) is 0 Å². The second-order valence-electron chi connectivity index (χ2n) is 5.16. The number of amides is 2. The summed E-state index contributed by atoms with van der Waals surface area (Å²) in [6, 6.07) is 2.05. The Morgan fingerprint density at radius 2 is 2.50 bits per heavy atom. The Bertz CT molecular complexity index is 515. The van der Waals surface area contributed by atoms with Crippen molar-refractivity contribution in [1.29, 1.82) is 0 Å². The molecule has 1 aliphatic rings. The quantitative estimate of drug-likeness (QED) is 0.819. The summed E-state index contributed by atoms with van der Waals surface area (Å²) in [5.41, 5.74) is 6.31. The molecule has 4 nitrogen and oxygen atoms in total. The summed E-state index contributed by atoms with van der Waals surface area (Å²) in [4.78, 5) is 15.1. The summed E-state index contributed by atoms with van der Waals surface area (Å²) in [5.74, 6) is 6.43. The van der Waals surface area contributed by atoms with Gasteiger partial charge in [0.25, 0.3) is 0 Å². The molecule has 0 aromatic carbocycles. The number of carbonyl (C=O) groups excluding carboxylic acids is 1. The van der Waals surface area contributed by atoms with Crippen molar-refractivity contribution in [2.45, 2.75) is 26.3 Å². The van der Waals surface area contributed by atoms with E-state index in [1.165, 1.54) is 6.42 Å². The van der Waals surface area contributed by atoms with Gasteiger partial charge in [-0.1, -0.05) is 18.8 Å². The van der Waals surface area contributed by atoms with Crippen molar-refractivity contribution in [3.05, 3.63) is 21.9 Å². The first-order valence-corrected chi connectivity index (χ1v) is 7.86. The van der Waals surface area contributed by atoms with E-state index >= 15 is 0 Å². The first-order chi connectivity index (χ1) is 9.69. The molecule has 108 valence electrons. The second kappa shape index (κ2) is 7.32. The summed E-state index contributed by atoms with van der Waals surface area (Å²) in [6.45, 7) is 4.87. The number of nitrogens with zero attached hydrogens (tertiary/aromatic N) is 1. The van der Waals surface area contributed by atoms with Crippen molar-refractivity contribution in [3.8, 4) is 11.8 Å². The molecule has 0 radical (unpaired) electrons. The molecule has 1 aliphatic heterocycles. The average molecular weight is 291 g/mol. The molecule has 0 spiro atoms. The van der Waals surface area contributed by atoms with Crippen molar-refractivity contribution in [2.24, 2.45) is 11.7 Å². The van der Waals surface area contributed by atoms with Gasteiger partial charge in [0.1, 0.15) is 0 Å². The van der Waals surface area contributed by atoms with Crippen molar-refractivity contribution in [2.75, 3.05) is 19.6 Å². The number of piperidine rings is 1. The number of carbonyl (C=O) groups is 1. The van der Waals surface area contributed by atoms with Crippen molar-refractivity contribution in [1.82, 2.24) is 10.2 Å². The van der Waals surface area contributed by atoms with Crippen LogP contribution in [0.2, 0.25) is 0 Å². The topological polar surface area (TPSA) is 58.4 Å². The maximum absolute atomic E-state index is 12.1. The second-order valence-corrected chi connectivity index (χ2v) is 6.16. The van der Waals surface area contributed by atoms with Crippen LogP contribution in [0.1, 0.15) is 30.2 Å². The summed E-state index contributed by atoms with van der Waals surface area (Å²) >= 11 is 1.61. The minimum Gasteiger partial charge on any atom is -0.333 e. The van der Waals surface area contributed by atoms with Crippen LogP contribution in [-0.4, -0.2) is 30.6 Å². The maximum Gasteiger partial charge on any atom is 0.317 e. The highest BCUT2D eigenvalue weighted by molar-refractivity contribution is 7.10. The smallest absolute Gasteiger partial charge is 0.317 e.